The molecule has 4 aromatic carbocycles. The van der Waals surface area contributed by atoms with Crippen LogP contribution in [0.5, 0.6) is 17.2 Å². The Labute approximate surface area is 951 Å². The Morgan fingerprint density at radius 1 is 0.413 bits per heavy atom. The van der Waals surface area contributed by atoms with Crippen LogP contribution >= 0.6 is 26.6 Å². The van der Waals surface area contributed by atoms with E-state index in [0.29, 0.717) is 76.0 Å². The number of carbonyl (C=O) groups is 11. The molecule has 143 heavy (non-hydrogen) atoms. The van der Waals surface area contributed by atoms with Crippen molar-refractivity contribution < 1.29 is 270 Å². The van der Waals surface area contributed by atoms with E-state index < -0.39 is 44.3 Å². The molecule has 4 aromatic rings. The van der Waals surface area contributed by atoms with Crippen LogP contribution in [0.25, 0.3) is 0 Å². The van der Waals surface area contributed by atoms with Crippen LogP contribution in [0, 0.1) is 6.92 Å². The number of esters is 7. The van der Waals surface area contributed by atoms with Crippen molar-refractivity contribution in [1.82, 2.24) is 0 Å². The van der Waals surface area contributed by atoms with Crippen LogP contribution in [-0.2, 0) is 109 Å². The largest absolute Gasteiger partial charge is 1.00 e. The molecule has 0 atom stereocenters. The fourth-order valence-electron chi connectivity index (χ4n) is 9.66. The molecule has 0 radical (unpaired) electrons. The van der Waals surface area contributed by atoms with Crippen LogP contribution in [0.15, 0.2) is 102 Å². The van der Waals surface area contributed by atoms with E-state index in [-0.39, 0.29) is 234 Å². The maximum atomic E-state index is 11.5. The average molecular weight is 2210 g/mol. The fourth-order valence-corrected chi connectivity index (χ4v) is 10.5. The predicted molar refractivity (Wildman–Crippen MR) is 543 cm³/mol. The van der Waals surface area contributed by atoms with E-state index in [2.05, 4.69) is 62.7 Å². The van der Waals surface area contributed by atoms with Gasteiger partial charge in [0.1, 0.15) is 78.0 Å². The molecule has 0 saturated heterocycles. The van der Waals surface area contributed by atoms with E-state index in [1.807, 2.05) is 90.0 Å². The molecule has 32 nitrogen and oxygen atoms in total. The van der Waals surface area contributed by atoms with Gasteiger partial charge >= 0.3 is 151 Å². The van der Waals surface area contributed by atoms with Crippen LogP contribution in [0.4, 0.5) is 13.2 Å². The summed E-state index contributed by atoms with van der Waals surface area (Å²) in [6.45, 7) is 39.4. The third kappa shape index (κ3) is 127. The molecule has 0 aliphatic rings. The molecule has 3 N–H and O–H groups in total. The molecular formula is C103H173BrClF3K2O32S. The fraction of sp³-hybridized carbons (Fsp3) is 0.660. The summed E-state index contributed by atoms with van der Waals surface area (Å²) >= 11 is 2.99. The van der Waals surface area contributed by atoms with Gasteiger partial charge in [0.15, 0.2) is 11.6 Å². The Kier molecular flexibility index (Phi) is 118. The molecule has 0 saturated carbocycles. The van der Waals surface area contributed by atoms with Crippen molar-refractivity contribution in [2.45, 2.75) is 333 Å². The molecule has 820 valence electrons. The van der Waals surface area contributed by atoms with Gasteiger partial charge in [-0.15, -0.1) is 0 Å². The minimum absolute atomic E-state index is 0. The van der Waals surface area contributed by atoms with Gasteiger partial charge < -0.3 is 93.2 Å². The van der Waals surface area contributed by atoms with Gasteiger partial charge in [0.05, 0.1) is 56.1 Å². The number of aryl methyl sites for hydroxylation is 1. The standard InChI is InChI=1S/C20H30O5.C16H22O5.2C12H24O3.C11H22O4.C8H8O3.C7H7ClO2S.C6H11BrO2.C6H14O.C2HF3O.CH2O3.2CH4.2K.H/c1-3-4-6-9-18(21)16-24-14-7-5-8-15-25-19-12-10-17(11-13-19)20(22)23-2;1-13(17)12-20-10-4-3-5-11-21-15-8-6-14(7-9-15)16(18)19-2;2*1-5-6-7-8-9-14-10-11(13)15-12(2,3)4;1-11(2,3)15-10(13)9-14-8-6-4-5-7-12;1-11-8(10)6-2-4-7(9)5-3-6;1-6-2-4-7(5-3-6)11(8,9)10;1-6(2,3)9-5(8)4-7;1-2-3-4-5-6-7;3-2(4,5)1-6;2-1-4-3;;;;;/h10-13H,3-9,14-16H2,1-2H3;6-9H,3-5,10-12H2,1-2H3;2*5-10H2,1-4H3;12H,4-9H2,1-3H3;2-5,9H,1H3;2-5H,1H3;4H2,1-3H3;7H,2-6H2,1H3;1H;1,3H;2*1H4;;;/q;;;;;;;;;;;;;2*+1;-1/p-1. The van der Waals surface area contributed by atoms with Gasteiger partial charge in [-0.25, -0.2) is 37.2 Å². The van der Waals surface area contributed by atoms with Gasteiger partial charge in [-0.1, -0.05) is 147 Å². The molecule has 40 heteroatoms. The number of phenols is 1. The van der Waals surface area contributed by atoms with E-state index in [4.69, 9.17) is 93.0 Å². The van der Waals surface area contributed by atoms with Gasteiger partial charge in [-0.2, -0.15) is 13.2 Å². The van der Waals surface area contributed by atoms with Crippen molar-refractivity contribution in [2.24, 2.45) is 0 Å². The second-order valence-electron chi connectivity index (χ2n) is 34.1. The molecule has 0 amide bonds. The normalized spacial score (nSPS) is 10.3. The van der Waals surface area contributed by atoms with E-state index >= 15 is 0 Å². The number of methoxy groups -OCH3 is 3. The average Bonchev–Trinajstić information content (AvgIpc) is 0.861. The number of unbranched alkanes of at least 4 members (excludes halogenated alkanes) is 17. The molecule has 0 unspecified atom stereocenters. The molecule has 0 aromatic heterocycles. The molecule has 0 spiro atoms. The SMILES string of the molecule is C.C.CC(C)(C)OC(=O)CBr.CC(C)(C)OC(=O)COCCCCCO.CCCCCC(=O)COCCCCCOc1ccc(C(=O)OC)cc1.CCCCCCO.CCCCCCOCC(=O)OC(C)(C)C.CCCCCCOCC(=O)OC(C)(C)C.COC(=O)c1ccc(O)cc1.COC(=O)c1ccc(OCCCCCOCC(C)=O)cc1.Cc1ccc(S(=O)(=O)Cl)cc1.O=CC(F)(F)F.O=CO[O-].[H-].[K+].[K+]. The number of phenolic OH excluding ortho intramolecular Hbond substituents is 1. The summed E-state index contributed by atoms with van der Waals surface area (Å²) in [4.78, 5) is 120. The topological polar surface area (TPSA) is 444 Å². The van der Waals surface area contributed by atoms with E-state index in [9.17, 15) is 64.7 Å². The smallest absolute Gasteiger partial charge is 1.00 e. The number of carbonyl (C=O) groups excluding carboxylic acids is 11. The molecule has 0 aliphatic heterocycles. The number of hydrogen-bond acceptors (Lipinski definition) is 32. The summed E-state index contributed by atoms with van der Waals surface area (Å²) < 4.78 is 124. The second kappa shape index (κ2) is 105. The summed E-state index contributed by atoms with van der Waals surface area (Å²) in [6.07, 6.45) is 20.3. The Balaban J connectivity index is -0.000000136. The first-order valence-electron chi connectivity index (χ1n) is 46.6. The van der Waals surface area contributed by atoms with Crippen molar-refractivity contribution in [3.05, 3.63) is 119 Å². The van der Waals surface area contributed by atoms with Crippen molar-refractivity contribution in [1.29, 1.82) is 0 Å². The number of aliphatic hydroxyl groups excluding tert-OH is 2. The minimum Gasteiger partial charge on any atom is -1.00 e. The van der Waals surface area contributed by atoms with Gasteiger partial charge in [-0.05, 0) is 265 Å². The van der Waals surface area contributed by atoms with Gasteiger partial charge in [-0.3, -0.25) is 24.0 Å². The van der Waals surface area contributed by atoms with Crippen molar-refractivity contribution in [2.75, 3.05) is 119 Å². The van der Waals surface area contributed by atoms with Crippen LogP contribution in [0.1, 0.15) is 331 Å². The van der Waals surface area contributed by atoms with Crippen LogP contribution < -0.4 is 118 Å². The quantitative estimate of drug-likeness (QED) is 0.00425. The Hall–Kier alpha value is -5.49. The molecular weight excluding hydrogens is 2030 g/mol. The minimum atomic E-state index is -4.64. The molecule has 0 bridgehead atoms. The predicted octanol–water partition coefficient (Wildman–Crippen LogP) is 15.1. The number of aldehydes is 1. The van der Waals surface area contributed by atoms with E-state index in [0.717, 1.165) is 113 Å². The van der Waals surface area contributed by atoms with E-state index in [1.54, 1.807) is 60.7 Å². The van der Waals surface area contributed by atoms with Crippen LogP contribution in [0.3, 0.4) is 0 Å². The zero-order valence-corrected chi connectivity index (χ0v) is 97.6. The first-order valence-corrected chi connectivity index (χ1v) is 50.0. The summed E-state index contributed by atoms with van der Waals surface area (Å²) in [5.74, 6) is -0.355. The number of halogens is 5. The Morgan fingerprint density at radius 3 is 0.923 bits per heavy atom. The number of ether oxygens (including phenoxy) is 14. The third-order valence-corrected chi connectivity index (χ3v) is 17.9. The molecule has 4 rings (SSSR count). The maximum absolute atomic E-state index is 11.5. The van der Waals surface area contributed by atoms with Gasteiger partial charge in [0.2, 0.25) is 6.29 Å². The van der Waals surface area contributed by atoms with Crippen LogP contribution in [-0.4, -0.2) is 238 Å². The second-order valence-corrected chi connectivity index (χ2v) is 37.2. The summed E-state index contributed by atoms with van der Waals surface area (Å²) in [5, 5.41) is 34.4. The zero-order chi connectivity index (χ0) is 107. The molecule has 0 fully saturated rings. The van der Waals surface area contributed by atoms with Crippen molar-refractivity contribution in [3.8, 4) is 17.2 Å². The monoisotopic (exact) mass is 2200 g/mol. The zero-order valence-electron chi connectivity index (χ0n) is 89.2. The van der Waals surface area contributed by atoms with Crippen LogP contribution in [0.2, 0.25) is 0 Å². The first-order chi connectivity index (χ1) is 65.2. The molecule has 0 heterocycles. The number of alkyl halides is 4. The molecule has 0 aliphatic carbocycles. The van der Waals surface area contributed by atoms with E-state index in [1.165, 1.54) is 122 Å². The first kappa shape index (κ1) is 160. The number of aromatic hydroxyl groups is 1. The number of aliphatic hydroxyl groups is 2. The number of benzene rings is 4. The number of hydrogen-bond donors (Lipinski definition) is 3. The van der Waals surface area contributed by atoms with Gasteiger partial charge in [0.25, 0.3) is 15.5 Å². The summed E-state index contributed by atoms with van der Waals surface area (Å²) in [7, 11) is 5.56. The van der Waals surface area contributed by atoms with Crippen molar-refractivity contribution in [3.63, 3.8) is 0 Å². The Morgan fingerprint density at radius 2 is 0.671 bits per heavy atom. The van der Waals surface area contributed by atoms with Crippen molar-refractivity contribution >= 4 is 102 Å². The van der Waals surface area contributed by atoms with Gasteiger partial charge in [0, 0.05) is 63.4 Å². The number of rotatable bonds is 53. The maximum Gasteiger partial charge on any atom is 1.00 e. The number of Topliss-reactive ketones (excluding diaryl/α,β-unsaturated/α-hetero) is 2. The number of ketones is 2. The third-order valence-electron chi connectivity index (χ3n) is 16.0. The summed E-state index contributed by atoms with van der Waals surface area (Å²) in [6, 6.07) is 26.0. The Bertz CT molecular complexity index is 3760. The summed E-state index contributed by atoms with van der Waals surface area (Å²) in [5.41, 5.74) is 0.830.